The second-order valence-corrected chi connectivity index (χ2v) is 17.8. The van der Waals surface area contributed by atoms with Gasteiger partial charge < -0.3 is 20.3 Å². The number of rotatable bonds is 8. The summed E-state index contributed by atoms with van der Waals surface area (Å²) in [4.78, 5) is 63.6. The van der Waals surface area contributed by atoms with Crippen molar-refractivity contribution in [3.05, 3.63) is 86.9 Å². The Morgan fingerprint density at radius 1 is 1.00 bits per heavy atom. The lowest BCUT2D eigenvalue weighted by Gasteiger charge is -2.65. The van der Waals surface area contributed by atoms with E-state index >= 15 is 0 Å². The molecular formula is C44H46ClN9O5. The fourth-order valence-corrected chi connectivity index (χ4v) is 10.1. The Morgan fingerprint density at radius 2 is 1.75 bits per heavy atom. The number of aromatic nitrogens is 4. The van der Waals surface area contributed by atoms with E-state index in [0.717, 1.165) is 55.9 Å². The van der Waals surface area contributed by atoms with E-state index in [2.05, 4.69) is 36.9 Å². The molecule has 2 aromatic heterocycles. The van der Waals surface area contributed by atoms with Crippen molar-refractivity contribution in [2.24, 2.45) is 28.4 Å². The Labute approximate surface area is 347 Å². The van der Waals surface area contributed by atoms with Gasteiger partial charge in [0, 0.05) is 66.7 Å². The lowest BCUT2D eigenvalue weighted by Crippen LogP contribution is -2.77. The summed E-state index contributed by atoms with van der Waals surface area (Å²) in [6.45, 7) is 12.5. The standard InChI is InChI=1S/C44H46ClN9O5/c1-43(2)41(44(3,4)42(43)59-32-11-7-28(21-46)34(45)20-32)53-37(55)14-13-36(40(53)58)54-39(57)33-19-31(10-12-35(33)49-50-54)52-24-27(25-52)23-51-17-15-26(16-18-51)5-8-30-9-6-29(22-48-30)38(47)56/h6-7,9-12,19-20,22,26-27,36,41-42H,13-18,23-25H2,1-4H3,(H2,47,56). The third kappa shape index (κ3) is 7.40. The number of imide groups is 1. The number of carbonyl (C=O) groups is 3. The second-order valence-electron chi connectivity index (χ2n) is 17.4. The van der Waals surface area contributed by atoms with Crippen LogP contribution in [0.4, 0.5) is 5.69 Å². The van der Waals surface area contributed by atoms with E-state index < -0.39 is 46.4 Å². The number of carbonyl (C=O) groups excluding carboxylic acids is 3. The first-order valence-corrected chi connectivity index (χ1v) is 20.4. The fraction of sp³-hybridized carbons (Fsp3) is 0.455. The molecular weight excluding hydrogens is 770 g/mol. The van der Waals surface area contributed by atoms with E-state index in [1.165, 1.54) is 11.1 Å². The predicted molar refractivity (Wildman–Crippen MR) is 220 cm³/mol. The van der Waals surface area contributed by atoms with Crippen molar-refractivity contribution in [1.29, 1.82) is 5.26 Å². The molecule has 1 aliphatic carbocycles. The Kier molecular flexibility index (Phi) is 10.4. The topological polar surface area (TPSA) is 181 Å². The molecule has 3 saturated heterocycles. The molecule has 1 saturated carbocycles. The maximum atomic E-state index is 14.3. The molecule has 3 aliphatic heterocycles. The molecule has 1 unspecified atom stereocenters. The van der Waals surface area contributed by atoms with Crippen molar-refractivity contribution < 1.29 is 19.1 Å². The van der Waals surface area contributed by atoms with Gasteiger partial charge in [-0.3, -0.25) is 24.1 Å². The highest BCUT2D eigenvalue weighted by atomic mass is 35.5. The van der Waals surface area contributed by atoms with Crippen LogP contribution in [0.2, 0.25) is 5.02 Å². The number of likely N-dealkylation sites (tertiary alicyclic amines) is 2. The van der Waals surface area contributed by atoms with E-state index in [-0.39, 0.29) is 23.8 Å². The number of nitrogens with zero attached hydrogens (tertiary/aromatic N) is 8. The van der Waals surface area contributed by atoms with Gasteiger partial charge in [-0.25, -0.2) is 4.98 Å². The molecule has 2 N–H and O–H groups in total. The van der Waals surface area contributed by atoms with Crippen molar-refractivity contribution in [3.63, 3.8) is 0 Å². The van der Waals surface area contributed by atoms with E-state index in [0.29, 0.717) is 45.3 Å². The van der Waals surface area contributed by atoms with Crippen LogP contribution in [0, 0.1) is 45.8 Å². The Balaban J connectivity index is 0.901. The first-order valence-electron chi connectivity index (χ1n) is 20.0. The maximum absolute atomic E-state index is 14.3. The van der Waals surface area contributed by atoms with Crippen LogP contribution < -0.4 is 20.9 Å². The SMILES string of the molecule is CC1(C)C(Oc2ccc(C#N)c(Cl)c2)C(C)(C)C1N1C(=O)CCC(n2nnc3ccc(N4CC(CN5CCC(C#Cc6ccc(C(N)=O)cn6)CC5)C4)cc3c2=O)C1=O. The normalized spacial score (nSPS) is 23.2. The van der Waals surface area contributed by atoms with Crippen LogP contribution in [0.15, 0.2) is 59.5 Å². The van der Waals surface area contributed by atoms with E-state index in [1.807, 2.05) is 45.9 Å². The first kappa shape index (κ1) is 40.0. The van der Waals surface area contributed by atoms with Crippen molar-refractivity contribution in [2.45, 2.75) is 71.6 Å². The number of halogens is 1. The van der Waals surface area contributed by atoms with Gasteiger partial charge in [0.1, 0.15) is 35.2 Å². The number of pyridine rings is 1. The molecule has 15 heteroatoms. The minimum Gasteiger partial charge on any atom is -0.489 e. The number of fused-ring (bicyclic) bond motifs is 1. The number of ether oxygens (including phenoxy) is 1. The number of primary amides is 1. The molecule has 1 atom stereocenters. The minimum absolute atomic E-state index is 0.0772. The van der Waals surface area contributed by atoms with Gasteiger partial charge in [-0.15, -0.1) is 5.10 Å². The van der Waals surface area contributed by atoms with Gasteiger partial charge in [0.25, 0.3) is 11.5 Å². The van der Waals surface area contributed by atoms with Crippen molar-refractivity contribution in [1.82, 2.24) is 29.8 Å². The largest absolute Gasteiger partial charge is 0.489 e. The Hall–Kier alpha value is -5.83. The van der Waals surface area contributed by atoms with Crippen LogP contribution in [0.25, 0.3) is 10.9 Å². The summed E-state index contributed by atoms with van der Waals surface area (Å²) < 4.78 is 7.57. The van der Waals surface area contributed by atoms with Crippen molar-refractivity contribution in [3.8, 4) is 23.7 Å². The molecule has 14 nitrogen and oxygen atoms in total. The number of hydrogen-bond acceptors (Lipinski definition) is 11. The van der Waals surface area contributed by atoms with Crippen LogP contribution in [0.3, 0.4) is 0 Å². The molecule has 3 amide bonds. The molecule has 0 spiro atoms. The van der Waals surface area contributed by atoms with Crippen LogP contribution in [0.5, 0.6) is 5.75 Å². The molecule has 0 radical (unpaired) electrons. The predicted octanol–water partition coefficient (Wildman–Crippen LogP) is 4.58. The van der Waals surface area contributed by atoms with Crippen LogP contribution >= 0.6 is 11.6 Å². The molecule has 4 aliphatic rings. The van der Waals surface area contributed by atoms with Gasteiger partial charge in [-0.1, -0.05) is 50.4 Å². The summed E-state index contributed by atoms with van der Waals surface area (Å²) >= 11 is 6.28. The Morgan fingerprint density at radius 3 is 2.41 bits per heavy atom. The number of benzene rings is 2. The first-order chi connectivity index (χ1) is 28.1. The second kappa shape index (κ2) is 15.4. The van der Waals surface area contributed by atoms with E-state index in [1.54, 1.807) is 36.4 Å². The van der Waals surface area contributed by atoms with Gasteiger partial charge in [0.15, 0.2) is 0 Å². The number of amides is 3. The third-order valence-corrected chi connectivity index (χ3v) is 12.9. The van der Waals surface area contributed by atoms with Gasteiger partial charge in [0.2, 0.25) is 11.8 Å². The Bertz CT molecular complexity index is 2490. The molecule has 59 heavy (non-hydrogen) atoms. The van der Waals surface area contributed by atoms with Crippen LogP contribution in [-0.4, -0.2) is 92.4 Å². The van der Waals surface area contributed by atoms with E-state index in [4.69, 9.17) is 22.1 Å². The number of piperidine rings is 2. The number of nitriles is 1. The highest BCUT2D eigenvalue weighted by molar-refractivity contribution is 6.31. The summed E-state index contributed by atoms with van der Waals surface area (Å²) in [7, 11) is 0. The molecule has 5 heterocycles. The smallest absolute Gasteiger partial charge is 0.278 e. The lowest BCUT2D eigenvalue weighted by atomic mass is 9.48. The maximum Gasteiger partial charge on any atom is 0.278 e. The summed E-state index contributed by atoms with van der Waals surface area (Å²) in [5.41, 5.74) is 6.25. The van der Waals surface area contributed by atoms with E-state index in [9.17, 15) is 24.4 Å². The average Bonchev–Trinajstić information content (AvgIpc) is 3.20. The van der Waals surface area contributed by atoms with Gasteiger partial charge in [-0.2, -0.15) is 9.94 Å². The van der Waals surface area contributed by atoms with Crippen LogP contribution in [0.1, 0.15) is 81.0 Å². The number of nitrogens with two attached hydrogens (primary N) is 1. The number of anilines is 1. The van der Waals surface area contributed by atoms with Gasteiger partial charge in [-0.05, 0) is 80.7 Å². The average molecular weight is 816 g/mol. The number of hydrogen-bond donors (Lipinski definition) is 1. The minimum atomic E-state index is -0.986. The fourth-order valence-electron chi connectivity index (χ4n) is 9.91. The van der Waals surface area contributed by atoms with Crippen molar-refractivity contribution in [2.75, 3.05) is 37.6 Å². The molecule has 0 bridgehead atoms. The zero-order chi connectivity index (χ0) is 41.8. The molecule has 304 valence electrons. The monoisotopic (exact) mass is 815 g/mol. The van der Waals surface area contributed by atoms with Gasteiger partial charge in [0.05, 0.1) is 27.6 Å². The molecule has 8 rings (SSSR count). The summed E-state index contributed by atoms with van der Waals surface area (Å²) in [6.07, 6.45) is 3.25. The molecule has 4 fully saturated rings. The van der Waals surface area contributed by atoms with Crippen LogP contribution in [-0.2, 0) is 9.59 Å². The molecule has 2 aromatic carbocycles. The highest BCUT2D eigenvalue weighted by Gasteiger charge is 2.68. The quantitative estimate of drug-likeness (QED) is 0.194. The molecule has 4 aromatic rings. The summed E-state index contributed by atoms with van der Waals surface area (Å²) in [5, 5.41) is 18.5. The zero-order valence-corrected chi connectivity index (χ0v) is 34.3. The summed E-state index contributed by atoms with van der Waals surface area (Å²) in [6, 6.07) is 14.4. The summed E-state index contributed by atoms with van der Waals surface area (Å²) in [5.74, 6) is 6.48. The zero-order valence-electron chi connectivity index (χ0n) is 33.5. The third-order valence-electron chi connectivity index (χ3n) is 12.6. The van der Waals surface area contributed by atoms with Gasteiger partial charge >= 0.3 is 0 Å². The highest BCUT2D eigenvalue weighted by Crippen LogP contribution is 2.59. The lowest BCUT2D eigenvalue weighted by molar-refractivity contribution is -0.216. The van der Waals surface area contributed by atoms with Crippen molar-refractivity contribution >= 4 is 45.9 Å².